The summed E-state index contributed by atoms with van der Waals surface area (Å²) in [4.78, 5) is 21.9. The molecule has 0 aliphatic carbocycles. The molecule has 1 fully saturated rings. The van der Waals surface area contributed by atoms with Gasteiger partial charge < -0.3 is 15.0 Å². The van der Waals surface area contributed by atoms with Gasteiger partial charge in [-0.25, -0.2) is 4.98 Å². The molecule has 1 aliphatic heterocycles. The number of methoxy groups -OCH3 is 1. The number of carbonyl (C=O) groups excluding carboxylic acids is 1. The molecule has 2 heterocycles. The van der Waals surface area contributed by atoms with Gasteiger partial charge in [0.2, 0.25) is 17.7 Å². The van der Waals surface area contributed by atoms with Crippen molar-refractivity contribution >= 4 is 11.9 Å². The monoisotopic (exact) mass is 236 g/mol. The van der Waals surface area contributed by atoms with Gasteiger partial charge in [0.1, 0.15) is 0 Å². The summed E-state index contributed by atoms with van der Waals surface area (Å²) in [5, 5.41) is 2.84. The van der Waals surface area contributed by atoms with Crippen LogP contribution < -0.4 is 15.0 Å². The van der Waals surface area contributed by atoms with Crippen molar-refractivity contribution < 1.29 is 9.53 Å². The number of aromatic nitrogens is 2. The maximum absolute atomic E-state index is 11.4. The zero-order valence-electron chi connectivity index (χ0n) is 10.0. The van der Waals surface area contributed by atoms with Crippen LogP contribution in [0.2, 0.25) is 0 Å². The molecule has 1 aliphatic rings. The van der Waals surface area contributed by atoms with Crippen molar-refractivity contribution in [3.8, 4) is 5.88 Å². The molecule has 0 bridgehead atoms. The second-order valence-electron chi connectivity index (χ2n) is 4.00. The number of amides is 1. The Morgan fingerprint density at radius 2 is 2.41 bits per heavy atom. The molecule has 0 unspecified atom stereocenters. The van der Waals surface area contributed by atoms with Crippen LogP contribution in [0.25, 0.3) is 0 Å². The van der Waals surface area contributed by atoms with Crippen LogP contribution in [0.5, 0.6) is 5.88 Å². The number of nitrogens with zero attached hydrogens (tertiary/aromatic N) is 3. The highest BCUT2D eigenvalue weighted by atomic mass is 16.5. The fraction of sp³-hybridized carbons (Fsp3) is 0.545. The van der Waals surface area contributed by atoms with Gasteiger partial charge in [0.15, 0.2) is 0 Å². The summed E-state index contributed by atoms with van der Waals surface area (Å²) in [7, 11) is 1.57. The van der Waals surface area contributed by atoms with Gasteiger partial charge in [0.25, 0.3) is 0 Å². The summed E-state index contributed by atoms with van der Waals surface area (Å²) in [6.45, 7) is 3.32. The van der Waals surface area contributed by atoms with Gasteiger partial charge in [-0.2, -0.15) is 4.98 Å². The highest BCUT2D eigenvalue weighted by molar-refractivity contribution is 5.77. The molecular formula is C11H16N4O2. The minimum Gasteiger partial charge on any atom is -0.481 e. The lowest BCUT2D eigenvalue weighted by atomic mass is 10.2. The third kappa shape index (κ3) is 2.64. The molecule has 1 atom stereocenters. The molecule has 0 saturated carbocycles. The molecule has 0 spiro atoms. The van der Waals surface area contributed by atoms with E-state index in [1.54, 1.807) is 19.4 Å². The largest absolute Gasteiger partial charge is 0.481 e. The van der Waals surface area contributed by atoms with Gasteiger partial charge in [-0.05, 0) is 6.92 Å². The van der Waals surface area contributed by atoms with Crippen molar-refractivity contribution in [1.29, 1.82) is 0 Å². The lowest BCUT2D eigenvalue weighted by Gasteiger charge is -2.25. The van der Waals surface area contributed by atoms with E-state index in [0.717, 1.165) is 0 Å². The molecule has 92 valence electrons. The number of anilines is 1. The topological polar surface area (TPSA) is 67.3 Å². The molecular weight excluding hydrogens is 220 g/mol. The van der Waals surface area contributed by atoms with Gasteiger partial charge in [-0.15, -0.1) is 0 Å². The van der Waals surface area contributed by atoms with Crippen LogP contribution >= 0.6 is 0 Å². The Hall–Kier alpha value is -1.85. The average molecular weight is 236 g/mol. The van der Waals surface area contributed by atoms with Crippen LogP contribution in [0.4, 0.5) is 5.95 Å². The number of rotatable bonds is 2. The van der Waals surface area contributed by atoms with Crippen LogP contribution in [0.1, 0.15) is 13.3 Å². The van der Waals surface area contributed by atoms with Crippen molar-refractivity contribution in [2.24, 2.45) is 0 Å². The zero-order chi connectivity index (χ0) is 12.3. The predicted molar refractivity (Wildman–Crippen MR) is 63.0 cm³/mol. The molecule has 1 saturated heterocycles. The molecule has 17 heavy (non-hydrogen) atoms. The maximum atomic E-state index is 11.4. The highest BCUT2D eigenvalue weighted by Crippen LogP contribution is 2.17. The van der Waals surface area contributed by atoms with Crippen molar-refractivity contribution in [2.45, 2.75) is 19.4 Å². The Balaban J connectivity index is 2.21. The molecule has 0 radical (unpaired) electrons. The third-order valence-corrected chi connectivity index (χ3v) is 2.77. The zero-order valence-corrected chi connectivity index (χ0v) is 10.0. The number of hydrogen-bond acceptors (Lipinski definition) is 5. The minimum absolute atomic E-state index is 0.0721. The predicted octanol–water partition coefficient (Wildman–Crippen LogP) is 0.200. The van der Waals surface area contributed by atoms with E-state index >= 15 is 0 Å². The van der Waals surface area contributed by atoms with Crippen LogP contribution in [0.3, 0.4) is 0 Å². The summed E-state index contributed by atoms with van der Waals surface area (Å²) in [5.41, 5.74) is 0. The lowest BCUT2D eigenvalue weighted by Crippen LogP contribution is -2.35. The summed E-state index contributed by atoms with van der Waals surface area (Å²) < 4.78 is 5.07. The maximum Gasteiger partial charge on any atom is 0.228 e. The fourth-order valence-corrected chi connectivity index (χ4v) is 1.87. The smallest absolute Gasteiger partial charge is 0.228 e. The Labute approximate surface area is 100 Å². The Morgan fingerprint density at radius 1 is 1.59 bits per heavy atom. The van der Waals surface area contributed by atoms with Crippen molar-refractivity contribution in [3.63, 3.8) is 0 Å². The third-order valence-electron chi connectivity index (χ3n) is 2.77. The van der Waals surface area contributed by atoms with E-state index in [1.807, 2.05) is 11.8 Å². The molecule has 6 heteroatoms. The molecule has 1 aromatic rings. The van der Waals surface area contributed by atoms with E-state index in [1.165, 1.54) is 0 Å². The first-order valence-electron chi connectivity index (χ1n) is 5.61. The molecule has 6 nitrogen and oxygen atoms in total. The molecule has 1 amide bonds. The number of hydrogen-bond donors (Lipinski definition) is 1. The summed E-state index contributed by atoms with van der Waals surface area (Å²) in [6.07, 6.45) is 2.12. The highest BCUT2D eigenvalue weighted by Gasteiger charge is 2.23. The van der Waals surface area contributed by atoms with Crippen LogP contribution in [0, 0.1) is 0 Å². The van der Waals surface area contributed by atoms with Crippen LogP contribution in [0.15, 0.2) is 12.3 Å². The molecule has 1 N–H and O–H groups in total. The van der Waals surface area contributed by atoms with Crippen molar-refractivity contribution in [1.82, 2.24) is 15.3 Å². The van der Waals surface area contributed by atoms with E-state index in [4.69, 9.17) is 4.74 Å². The fourth-order valence-electron chi connectivity index (χ4n) is 1.87. The molecule has 1 aromatic heterocycles. The van der Waals surface area contributed by atoms with E-state index in [2.05, 4.69) is 15.3 Å². The van der Waals surface area contributed by atoms with E-state index < -0.39 is 0 Å². The number of carbonyl (C=O) groups is 1. The first-order valence-corrected chi connectivity index (χ1v) is 5.61. The molecule has 0 aromatic carbocycles. The Kier molecular flexibility index (Phi) is 3.41. The summed E-state index contributed by atoms with van der Waals surface area (Å²) in [5.74, 6) is 1.21. The van der Waals surface area contributed by atoms with Crippen LogP contribution in [-0.2, 0) is 4.79 Å². The van der Waals surface area contributed by atoms with Gasteiger partial charge >= 0.3 is 0 Å². The average Bonchev–Trinajstić information content (AvgIpc) is 2.50. The summed E-state index contributed by atoms with van der Waals surface area (Å²) >= 11 is 0. The lowest BCUT2D eigenvalue weighted by molar-refractivity contribution is -0.120. The second-order valence-corrected chi connectivity index (χ2v) is 4.00. The first-order chi connectivity index (χ1) is 8.20. The number of ether oxygens (including phenoxy) is 1. The van der Waals surface area contributed by atoms with Gasteiger partial charge in [-0.1, -0.05) is 0 Å². The second kappa shape index (κ2) is 4.99. The standard InChI is InChI=1S/C11H16N4O2/c1-8-7-9(16)12-5-6-15(8)11-13-4-3-10(14-11)17-2/h3-4,8H,5-7H2,1-2H3,(H,12,16)/t8-/m1/s1. The quantitative estimate of drug-likeness (QED) is 0.794. The first kappa shape index (κ1) is 11.6. The SMILES string of the molecule is COc1ccnc(N2CCNC(=O)C[C@H]2C)n1. The van der Waals surface area contributed by atoms with E-state index in [-0.39, 0.29) is 11.9 Å². The normalized spacial score (nSPS) is 20.7. The van der Waals surface area contributed by atoms with E-state index in [0.29, 0.717) is 31.3 Å². The van der Waals surface area contributed by atoms with Crippen molar-refractivity contribution in [2.75, 3.05) is 25.1 Å². The van der Waals surface area contributed by atoms with Crippen LogP contribution in [-0.4, -0.2) is 42.1 Å². The van der Waals surface area contributed by atoms with E-state index in [9.17, 15) is 4.79 Å². The van der Waals surface area contributed by atoms with Gasteiger partial charge in [-0.3, -0.25) is 4.79 Å². The summed E-state index contributed by atoms with van der Waals surface area (Å²) in [6, 6.07) is 1.79. The Bertz CT molecular complexity index is 410. The molecule has 2 rings (SSSR count). The minimum atomic E-state index is 0.0721. The number of nitrogens with one attached hydrogen (secondary N) is 1. The van der Waals surface area contributed by atoms with Gasteiger partial charge in [0.05, 0.1) is 7.11 Å². The van der Waals surface area contributed by atoms with Crippen molar-refractivity contribution in [3.05, 3.63) is 12.3 Å². The Morgan fingerprint density at radius 3 is 3.18 bits per heavy atom. The van der Waals surface area contributed by atoms with Gasteiger partial charge in [0, 0.05) is 37.8 Å².